The standard InChI is InChI=1S/C60H60N2Si2/c1-41-11-23-47(24-12-41)61(48-25-13-42(2)14-26-48)51-31-19-45(20-32-51)59-55-37-35-54(64(8,9)10)40-58(55)60(56-38-36-53(39-57(56)59)63(5,6)7)46-21-33-52(34-22-46)62(49-27-15-43(3)16-28-49)50-29-17-44(4)18-30-50/h11-40H,1-10H3. The molecule has 9 rings (SSSR count). The van der Waals surface area contributed by atoms with Gasteiger partial charge in [0.25, 0.3) is 0 Å². The van der Waals surface area contributed by atoms with Crippen LogP contribution in [0.1, 0.15) is 22.3 Å². The van der Waals surface area contributed by atoms with Gasteiger partial charge in [0.05, 0.1) is 16.1 Å². The molecule has 9 aromatic carbocycles. The molecule has 0 saturated carbocycles. The van der Waals surface area contributed by atoms with Gasteiger partial charge in [-0.15, -0.1) is 0 Å². The van der Waals surface area contributed by atoms with Gasteiger partial charge in [-0.05, 0) is 144 Å². The molecule has 0 aliphatic carbocycles. The predicted octanol–water partition coefficient (Wildman–Crippen LogP) is 16.6. The number of benzene rings is 9. The molecule has 318 valence electrons. The minimum Gasteiger partial charge on any atom is -0.311 e. The van der Waals surface area contributed by atoms with E-state index in [0.29, 0.717) is 0 Å². The fraction of sp³-hybridized carbons (Fsp3) is 0.167. The van der Waals surface area contributed by atoms with Gasteiger partial charge < -0.3 is 9.80 Å². The second-order valence-electron chi connectivity index (χ2n) is 19.9. The minimum absolute atomic E-state index is 1.14. The van der Waals surface area contributed by atoms with Gasteiger partial charge in [-0.25, -0.2) is 0 Å². The fourth-order valence-electron chi connectivity index (χ4n) is 9.01. The van der Waals surface area contributed by atoms with Crippen LogP contribution in [0.25, 0.3) is 43.8 Å². The van der Waals surface area contributed by atoms with Crippen molar-refractivity contribution < 1.29 is 0 Å². The van der Waals surface area contributed by atoms with Crippen molar-refractivity contribution in [3.63, 3.8) is 0 Å². The van der Waals surface area contributed by atoms with Crippen LogP contribution >= 0.6 is 0 Å². The highest BCUT2D eigenvalue weighted by atomic mass is 28.3. The topological polar surface area (TPSA) is 6.48 Å². The minimum atomic E-state index is -1.68. The lowest BCUT2D eigenvalue weighted by molar-refractivity contribution is 1.27. The average molecular weight is 865 g/mol. The van der Waals surface area contributed by atoms with E-state index < -0.39 is 16.1 Å². The molecule has 0 bridgehead atoms. The Bertz CT molecular complexity index is 2790. The normalized spacial score (nSPS) is 11.9. The van der Waals surface area contributed by atoms with Gasteiger partial charge in [-0.3, -0.25) is 0 Å². The third-order valence-electron chi connectivity index (χ3n) is 12.8. The Labute approximate surface area is 383 Å². The monoisotopic (exact) mass is 864 g/mol. The summed E-state index contributed by atoms with van der Waals surface area (Å²) in [7, 11) is -3.36. The van der Waals surface area contributed by atoms with Gasteiger partial charge in [0.1, 0.15) is 0 Å². The van der Waals surface area contributed by atoms with Gasteiger partial charge in [-0.1, -0.05) is 181 Å². The lowest BCUT2D eigenvalue weighted by atomic mass is 9.86. The molecule has 0 atom stereocenters. The predicted molar refractivity (Wildman–Crippen MR) is 287 cm³/mol. The highest BCUT2D eigenvalue weighted by molar-refractivity contribution is 6.89. The smallest absolute Gasteiger partial charge is 0.0776 e. The van der Waals surface area contributed by atoms with Crippen LogP contribution in [-0.4, -0.2) is 16.1 Å². The maximum Gasteiger partial charge on any atom is 0.0776 e. The van der Waals surface area contributed by atoms with Crippen LogP contribution in [0.3, 0.4) is 0 Å². The number of hydrogen-bond donors (Lipinski definition) is 0. The molecule has 0 amide bonds. The van der Waals surface area contributed by atoms with Gasteiger partial charge >= 0.3 is 0 Å². The summed E-state index contributed by atoms with van der Waals surface area (Å²) in [5.74, 6) is 0. The van der Waals surface area contributed by atoms with Crippen molar-refractivity contribution in [2.24, 2.45) is 0 Å². The summed E-state index contributed by atoms with van der Waals surface area (Å²) in [5.41, 5.74) is 16.9. The number of fused-ring (bicyclic) bond motifs is 2. The van der Waals surface area contributed by atoms with E-state index in [1.807, 2.05) is 0 Å². The summed E-state index contributed by atoms with van der Waals surface area (Å²) in [6.07, 6.45) is 0. The van der Waals surface area contributed by atoms with Crippen molar-refractivity contribution in [2.75, 3.05) is 9.80 Å². The largest absolute Gasteiger partial charge is 0.311 e. The van der Waals surface area contributed by atoms with E-state index >= 15 is 0 Å². The third kappa shape index (κ3) is 8.48. The number of aryl methyl sites for hydroxylation is 4. The quantitative estimate of drug-likeness (QED) is 0.0998. The summed E-state index contributed by atoms with van der Waals surface area (Å²) in [6.45, 7) is 23.4. The molecule has 0 aliphatic rings. The first-order valence-electron chi connectivity index (χ1n) is 22.7. The number of rotatable bonds is 10. The van der Waals surface area contributed by atoms with Crippen LogP contribution in [-0.2, 0) is 0 Å². The highest BCUT2D eigenvalue weighted by Gasteiger charge is 2.25. The fourth-order valence-corrected chi connectivity index (χ4v) is 11.3. The first-order valence-corrected chi connectivity index (χ1v) is 29.7. The van der Waals surface area contributed by atoms with Gasteiger partial charge in [0.15, 0.2) is 0 Å². The van der Waals surface area contributed by atoms with Gasteiger partial charge in [-0.2, -0.15) is 0 Å². The molecule has 0 saturated heterocycles. The summed E-state index contributed by atoms with van der Waals surface area (Å²) in [6, 6.07) is 68.9. The van der Waals surface area contributed by atoms with E-state index in [1.54, 1.807) is 0 Å². The molecule has 2 nitrogen and oxygen atoms in total. The molecule has 0 unspecified atom stereocenters. The average Bonchev–Trinajstić information content (AvgIpc) is 3.28. The molecule has 0 aliphatic heterocycles. The maximum absolute atomic E-state index is 2.54. The number of anilines is 6. The summed E-state index contributed by atoms with van der Waals surface area (Å²) in [5, 5.41) is 8.15. The lowest BCUT2D eigenvalue weighted by Gasteiger charge is -2.27. The second-order valence-corrected chi connectivity index (χ2v) is 30.0. The van der Waals surface area contributed by atoms with Crippen molar-refractivity contribution in [1.29, 1.82) is 0 Å². The maximum atomic E-state index is 2.54. The zero-order valence-corrected chi connectivity index (χ0v) is 41.2. The molecular weight excluding hydrogens is 805 g/mol. The molecule has 64 heavy (non-hydrogen) atoms. The van der Waals surface area contributed by atoms with Gasteiger partial charge in [0, 0.05) is 34.1 Å². The molecule has 0 spiro atoms. The first-order chi connectivity index (χ1) is 30.6. The molecule has 4 heteroatoms. The van der Waals surface area contributed by atoms with E-state index in [2.05, 4.69) is 259 Å². The van der Waals surface area contributed by atoms with E-state index in [9.17, 15) is 0 Å². The molecule has 0 radical (unpaired) electrons. The Balaban J connectivity index is 1.25. The van der Waals surface area contributed by atoms with Crippen molar-refractivity contribution in [3.05, 3.63) is 204 Å². The van der Waals surface area contributed by atoms with E-state index in [0.717, 1.165) is 34.1 Å². The van der Waals surface area contributed by atoms with Crippen LogP contribution in [0.15, 0.2) is 182 Å². The van der Waals surface area contributed by atoms with Crippen LogP contribution in [0.2, 0.25) is 39.3 Å². The Morgan fingerprint density at radius 2 is 0.500 bits per heavy atom. The summed E-state index contributed by atoms with van der Waals surface area (Å²) >= 11 is 0. The zero-order chi connectivity index (χ0) is 44.9. The van der Waals surface area contributed by atoms with Crippen LogP contribution in [0.5, 0.6) is 0 Å². The van der Waals surface area contributed by atoms with Crippen molar-refractivity contribution in [3.8, 4) is 22.3 Å². The molecule has 0 fully saturated rings. The van der Waals surface area contributed by atoms with Crippen LogP contribution in [0, 0.1) is 27.7 Å². The number of nitrogens with zero attached hydrogens (tertiary/aromatic N) is 2. The molecular formula is C60H60N2Si2. The number of hydrogen-bond acceptors (Lipinski definition) is 2. The van der Waals surface area contributed by atoms with Crippen molar-refractivity contribution in [1.82, 2.24) is 0 Å². The molecule has 0 heterocycles. The Kier molecular flexibility index (Phi) is 11.3. The Hall–Kier alpha value is -6.47. The second kappa shape index (κ2) is 16.9. The Morgan fingerprint density at radius 1 is 0.266 bits per heavy atom. The van der Waals surface area contributed by atoms with Crippen molar-refractivity contribution in [2.45, 2.75) is 67.0 Å². The molecule has 0 aromatic heterocycles. The Morgan fingerprint density at radius 3 is 0.734 bits per heavy atom. The third-order valence-corrected chi connectivity index (χ3v) is 16.9. The van der Waals surface area contributed by atoms with E-state index in [4.69, 9.17) is 0 Å². The van der Waals surface area contributed by atoms with E-state index in [-0.39, 0.29) is 0 Å². The van der Waals surface area contributed by atoms with Gasteiger partial charge in [0.2, 0.25) is 0 Å². The summed E-state index contributed by atoms with van der Waals surface area (Å²) in [4.78, 5) is 4.74. The van der Waals surface area contributed by atoms with E-state index in [1.165, 1.54) is 76.4 Å². The first kappa shape index (κ1) is 42.8. The molecule has 9 aromatic rings. The lowest BCUT2D eigenvalue weighted by Crippen LogP contribution is -2.37. The highest BCUT2D eigenvalue weighted by Crippen LogP contribution is 2.46. The van der Waals surface area contributed by atoms with Crippen LogP contribution < -0.4 is 20.2 Å². The SMILES string of the molecule is Cc1ccc(N(c2ccc(C)cc2)c2ccc(-c3c4ccc([Si](C)(C)C)cc4c(-c4ccc(N(c5ccc(C)cc5)c5ccc(C)cc5)cc4)c4ccc([Si](C)(C)C)cc34)cc2)cc1. The van der Waals surface area contributed by atoms with Crippen LogP contribution in [0.4, 0.5) is 34.1 Å². The zero-order valence-electron chi connectivity index (χ0n) is 39.2. The summed E-state index contributed by atoms with van der Waals surface area (Å²) < 4.78 is 0. The van der Waals surface area contributed by atoms with Crippen molar-refractivity contribution >= 4 is 82.2 Å². The molecule has 0 N–H and O–H groups in total.